The van der Waals surface area contributed by atoms with E-state index in [2.05, 4.69) is 66.8 Å². The van der Waals surface area contributed by atoms with Gasteiger partial charge in [0.15, 0.2) is 14.6 Å². The molecule has 0 saturated carbocycles. The Morgan fingerprint density at radius 2 is 1.59 bits per heavy atom. The smallest absolute Gasteiger partial charge is 0.192 e. The van der Waals surface area contributed by atoms with Gasteiger partial charge in [-0.2, -0.15) is 0 Å². The second kappa shape index (κ2) is 10.5. The first kappa shape index (κ1) is 24.5. The lowest BCUT2D eigenvalue weighted by molar-refractivity contribution is -0.255. The van der Waals surface area contributed by atoms with E-state index in [0.29, 0.717) is 44.2 Å². The van der Waals surface area contributed by atoms with Crippen molar-refractivity contribution in [2.24, 2.45) is 17.8 Å². The Hall–Kier alpha value is -0.723. The van der Waals surface area contributed by atoms with Gasteiger partial charge in [-0.05, 0) is 35.5 Å². The third-order valence-electron chi connectivity index (χ3n) is 7.02. The van der Waals surface area contributed by atoms with Crippen molar-refractivity contribution < 1.29 is 18.6 Å². The van der Waals surface area contributed by atoms with E-state index in [0.717, 1.165) is 0 Å². The number of benzene rings is 1. The van der Waals surface area contributed by atoms with E-state index in [9.17, 15) is 0 Å². The fourth-order valence-electron chi connectivity index (χ4n) is 3.36. The Bertz CT molecular complexity index is 599. The Morgan fingerprint density at radius 1 is 0.931 bits per heavy atom. The lowest BCUT2D eigenvalue weighted by atomic mass is 9.79. The summed E-state index contributed by atoms with van der Waals surface area (Å²) < 4.78 is 24.7. The van der Waals surface area contributed by atoms with Crippen molar-refractivity contribution in [1.29, 1.82) is 0 Å². The van der Waals surface area contributed by atoms with E-state index in [-0.39, 0.29) is 17.4 Å². The molecule has 1 fully saturated rings. The molecular weight excluding hydrogens is 380 g/mol. The predicted octanol–water partition coefficient (Wildman–Crippen LogP) is 5.87. The standard InChI is InChI=1S/C24H42O4Si/c1-18-19(2)22(17-27-29(7,8)24(4,5)6)28-23(20(18)3)26-15-14-25-16-21-12-10-9-11-13-21/h9-13,18-20,22-23H,14-17H2,1-8H3. The Labute approximate surface area is 179 Å². The molecule has 5 atom stereocenters. The molecule has 0 aromatic heterocycles. The third-order valence-corrected chi connectivity index (χ3v) is 11.5. The van der Waals surface area contributed by atoms with Crippen molar-refractivity contribution in [2.75, 3.05) is 19.8 Å². The summed E-state index contributed by atoms with van der Waals surface area (Å²) in [5.41, 5.74) is 1.18. The zero-order valence-corrected chi connectivity index (χ0v) is 20.7. The van der Waals surface area contributed by atoms with Gasteiger partial charge in [0.2, 0.25) is 0 Å². The molecule has 1 aliphatic rings. The van der Waals surface area contributed by atoms with Gasteiger partial charge in [-0.1, -0.05) is 71.9 Å². The van der Waals surface area contributed by atoms with Crippen molar-refractivity contribution in [2.45, 2.75) is 78.7 Å². The first-order chi connectivity index (χ1) is 13.5. The quantitative estimate of drug-likeness (QED) is 0.368. The highest BCUT2D eigenvalue weighted by atomic mass is 28.4. The summed E-state index contributed by atoms with van der Waals surface area (Å²) in [5.74, 6) is 1.32. The molecular formula is C24H42O4Si. The maximum atomic E-state index is 6.46. The molecule has 1 aromatic carbocycles. The lowest BCUT2D eigenvalue weighted by Gasteiger charge is -2.45. The van der Waals surface area contributed by atoms with Gasteiger partial charge in [-0.15, -0.1) is 0 Å². The topological polar surface area (TPSA) is 36.9 Å². The molecule has 0 bridgehead atoms. The molecule has 4 nitrogen and oxygen atoms in total. The minimum atomic E-state index is -1.79. The van der Waals surface area contributed by atoms with E-state index >= 15 is 0 Å². The van der Waals surface area contributed by atoms with Crippen LogP contribution in [0.25, 0.3) is 0 Å². The molecule has 5 unspecified atom stereocenters. The van der Waals surface area contributed by atoms with Gasteiger partial charge < -0.3 is 18.6 Å². The molecule has 0 spiro atoms. The molecule has 166 valence electrons. The number of ether oxygens (including phenoxy) is 3. The van der Waals surface area contributed by atoms with Gasteiger partial charge in [-0.3, -0.25) is 0 Å². The second-order valence-corrected chi connectivity index (χ2v) is 14.9. The van der Waals surface area contributed by atoms with Crippen LogP contribution in [0.1, 0.15) is 47.1 Å². The summed E-state index contributed by atoms with van der Waals surface area (Å²) in [5, 5.41) is 0.204. The molecule has 0 amide bonds. The molecule has 1 heterocycles. The maximum absolute atomic E-state index is 6.46. The van der Waals surface area contributed by atoms with Crippen LogP contribution in [0.5, 0.6) is 0 Å². The fraction of sp³-hybridized carbons (Fsp3) is 0.750. The van der Waals surface area contributed by atoms with Crippen molar-refractivity contribution in [3.05, 3.63) is 35.9 Å². The van der Waals surface area contributed by atoms with Crippen LogP contribution in [0.2, 0.25) is 18.1 Å². The van der Waals surface area contributed by atoms with E-state index in [4.69, 9.17) is 18.6 Å². The van der Waals surface area contributed by atoms with Crippen LogP contribution in [0, 0.1) is 17.8 Å². The van der Waals surface area contributed by atoms with Gasteiger partial charge >= 0.3 is 0 Å². The van der Waals surface area contributed by atoms with E-state index in [1.807, 2.05) is 18.2 Å². The highest BCUT2D eigenvalue weighted by Gasteiger charge is 2.42. The molecule has 0 radical (unpaired) electrons. The summed E-state index contributed by atoms with van der Waals surface area (Å²) in [4.78, 5) is 0. The Morgan fingerprint density at radius 3 is 2.21 bits per heavy atom. The zero-order valence-electron chi connectivity index (χ0n) is 19.7. The SMILES string of the molecule is CC1C(CO[Si](C)(C)C(C)(C)C)OC(OCCOCc2ccccc2)C(C)C1C. The number of hydrogen-bond donors (Lipinski definition) is 0. The minimum absolute atomic E-state index is 0.0746. The summed E-state index contributed by atoms with van der Waals surface area (Å²) >= 11 is 0. The van der Waals surface area contributed by atoms with Crippen LogP contribution in [0.4, 0.5) is 0 Å². The number of hydrogen-bond acceptors (Lipinski definition) is 4. The van der Waals surface area contributed by atoms with Crippen LogP contribution in [-0.4, -0.2) is 40.5 Å². The minimum Gasteiger partial charge on any atom is -0.414 e. The fourth-order valence-corrected chi connectivity index (χ4v) is 4.38. The maximum Gasteiger partial charge on any atom is 0.192 e. The van der Waals surface area contributed by atoms with Crippen LogP contribution >= 0.6 is 0 Å². The van der Waals surface area contributed by atoms with Gasteiger partial charge in [0.25, 0.3) is 0 Å². The summed E-state index contributed by atoms with van der Waals surface area (Å²) in [6.07, 6.45) is -0.125. The average molecular weight is 423 g/mol. The van der Waals surface area contributed by atoms with Crippen molar-refractivity contribution in [3.8, 4) is 0 Å². The largest absolute Gasteiger partial charge is 0.414 e. The lowest BCUT2D eigenvalue weighted by Crippen LogP contribution is -2.50. The molecule has 0 aliphatic carbocycles. The Balaban J connectivity index is 1.81. The average Bonchev–Trinajstić information content (AvgIpc) is 2.66. The number of rotatable bonds is 9. The van der Waals surface area contributed by atoms with E-state index in [1.54, 1.807) is 0 Å². The molecule has 5 heteroatoms. The summed E-state index contributed by atoms with van der Waals surface area (Å²) in [6.45, 7) is 20.6. The third kappa shape index (κ3) is 6.89. The van der Waals surface area contributed by atoms with Gasteiger partial charge in [0.05, 0.1) is 32.5 Å². The van der Waals surface area contributed by atoms with Crippen LogP contribution < -0.4 is 0 Å². The molecule has 0 N–H and O–H groups in total. The van der Waals surface area contributed by atoms with Gasteiger partial charge in [0.1, 0.15) is 0 Å². The van der Waals surface area contributed by atoms with Gasteiger partial charge in [0, 0.05) is 5.92 Å². The predicted molar refractivity (Wildman–Crippen MR) is 121 cm³/mol. The van der Waals surface area contributed by atoms with Crippen LogP contribution in [0.15, 0.2) is 30.3 Å². The molecule has 2 rings (SSSR count). The first-order valence-corrected chi connectivity index (χ1v) is 14.0. The van der Waals surface area contributed by atoms with Crippen LogP contribution in [0.3, 0.4) is 0 Å². The first-order valence-electron chi connectivity index (χ1n) is 11.1. The van der Waals surface area contributed by atoms with Gasteiger partial charge in [-0.25, -0.2) is 0 Å². The van der Waals surface area contributed by atoms with Crippen molar-refractivity contribution in [1.82, 2.24) is 0 Å². The Kier molecular flexibility index (Phi) is 8.92. The molecule has 1 saturated heterocycles. The van der Waals surface area contributed by atoms with Crippen molar-refractivity contribution >= 4 is 8.32 Å². The van der Waals surface area contributed by atoms with E-state index < -0.39 is 8.32 Å². The second-order valence-electron chi connectivity index (χ2n) is 10.1. The molecule has 29 heavy (non-hydrogen) atoms. The summed E-state index contributed by atoms with van der Waals surface area (Å²) in [6, 6.07) is 10.2. The monoisotopic (exact) mass is 422 g/mol. The molecule has 1 aromatic rings. The van der Waals surface area contributed by atoms with E-state index in [1.165, 1.54) is 5.56 Å². The highest BCUT2D eigenvalue weighted by molar-refractivity contribution is 6.74. The zero-order chi connectivity index (χ0) is 21.7. The van der Waals surface area contributed by atoms with Crippen molar-refractivity contribution in [3.63, 3.8) is 0 Å². The summed E-state index contributed by atoms with van der Waals surface area (Å²) in [7, 11) is -1.79. The highest BCUT2D eigenvalue weighted by Crippen LogP contribution is 2.39. The van der Waals surface area contributed by atoms with Crippen LogP contribution in [-0.2, 0) is 25.2 Å². The molecule has 1 aliphatic heterocycles. The normalized spacial score (nSPS) is 28.5.